The molecule has 4 nitrogen and oxygen atoms in total. The number of nitrogens with one attached hydrogen (secondary N) is 1. The zero-order valence-corrected chi connectivity index (χ0v) is 14.9. The van der Waals surface area contributed by atoms with Crippen LogP contribution in [0.15, 0.2) is 36.4 Å². The molecule has 2 bridgehead atoms. The van der Waals surface area contributed by atoms with Gasteiger partial charge in [0, 0.05) is 5.41 Å². The standard InChI is InChI=1S/C19H23NO3S/c1-17(2)15-10-11-18(17)13-24(22,23)20-19(18,12-15)16(21)9-8-14-6-4-3-5-7-14/h3-9,15,20H,10-13H2,1-2H3. The fourth-order valence-electron chi connectivity index (χ4n) is 5.59. The lowest BCUT2D eigenvalue weighted by molar-refractivity contribution is -0.124. The summed E-state index contributed by atoms with van der Waals surface area (Å²) in [5, 5.41) is 0. The molecule has 1 saturated heterocycles. The Bertz CT molecular complexity index is 827. The summed E-state index contributed by atoms with van der Waals surface area (Å²) in [7, 11) is -3.41. The first kappa shape index (κ1) is 16.0. The molecule has 3 aliphatic rings. The Balaban J connectivity index is 1.76. The van der Waals surface area contributed by atoms with Crippen molar-refractivity contribution < 1.29 is 13.2 Å². The molecule has 2 aliphatic carbocycles. The van der Waals surface area contributed by atoms with Crippen molar-refractivity contribution in [2.24, 2.45) is 16.7 Å². The largest absolute Gasteiger partial charge is 0.293 e. The van der Waals surface area contributed by atoms with Crippen LogP contribution in [-0.2, 0) is 14.8 Å². The van der Waals surface area contributed by atoms with Crippen LogP contribution in [0.5, 0.6) is 0 Å². The molecule has 3 unspecified atom stereocenters. The van der Waals surface area contributed by atoms with Crippen LogP contribution in [0.4, 0.5) is 0 Å². The molecule has 1 aliphatic heterocycles. The number of carbonyl (C=O) groups excluding carboxylic acids is 1. The molecule has 0 aromatic heterocycles. The van der Waals surface area contributed by atoms with E-state index in [0.29, 0.717) is 12.3 Å². The first-order valence-corrected chi connectivity index (χ1v) is 10.2. The topological polar surface area (TPSA) is 63.2 Å². The maximum Gasteiger partial charge on any atom is 0.213 e. The average Bonchev–Trinajstić information content (AvgIpc) is 3.00. The van der Waals surface area contributed by atoms with E-state index < -0.39 is 21.0 Å². The lowest BCUT2D eigenvalue weighted by atomic mass is 9.61. The Kier molecular flexibility index (Phi) is 3.20. The predicted molar refractivity (Wildman–Crippen MR) is 93.7 cm³/mol. The van der Waals surface area contributed by atoms with Gasteiger partial charge in [-0.25, -0.2) is 13.1 Å². The van der Waals surface area contributed by atoms with Gasteiger partial charge in [0.25, 0.3) is 0 Å². The molecule has 1 aromatic rings. The second-order valence-electron chi connectivity index (χ2n) is 8.12. The third-order valence-electron chi connectivity index (χ3n) is 6.96. The van der Waals surface area contributed by atoms with Gasteiger partial charge in [-0.15, -0.1) is 0 Å². The van der Waals surface area contributed by atoms with Crippen LogP contribution in [0.3, 0.4) is 0 Å². The van der Waals surface area contributed by atoms with E-state index in [4.69, 9.17) is 0 Å². The van der Waals surface area contributed by atoms with Crippen LogP contribution in [-0.4, -0.2) is 25.5 Å². The van der Waals surface area contributed by atoms with E-state index in [-0.39, 0.29) is 17.0 Å². The second-order valence-corrected chi connectivity index (χ2v) is 9.84. The Labute approximate surface area is 143 Å². The summed E-state index contributed by atoms with van der Waals surface area (Å²) in [6, 6.07) is 9.63. The lowest BCUT2D eigenvalue weighted by Crippen LogP contribution is -2.58. The number of fused-ring (bicyclic) bond motifs is 1. The summed E-state index contributed by atoms with van der Waals surface area (Å²) < 4.78 is 27.6. The Morgan fingerprint density at radius 3 is 2.62 bits per heavy atom. The minimum Gasteiger partial charge on any atom is -0.293 e. The van der Waals surface area contributed by atoms with Crippen molar-refractivity contribution in [1.82, 2.24) is 4.72 Å². The highest BCUT2D eigenvalue weighted by molar-refractivity contribution is 7.89. The van der Waals surface area contributed by atoms with Gasteiger partial charge in [0.15, 0.2) is 5.78 Å². The average molecular weight is 345 g/mol. The van der Waals surface area contributed by atoms with Crippen molar-refractivity contribution >= 4 is 21.9 Å². The second kappa shape index (κ2) is 4.79. The molecule has 1 N–H and O–H groups in total. The number of hydrogen-bond acceptors (Lipinski definition) is 3. The quantitative estimate of drug-likeness (QED) is 0.857. The molecule has 128 valence electrons. The van der Waals surface area contributed by atoms with Gasteiger partial charge in [-0.3, -0.25) is 4.79 Å². The number of ketones is 1. The Morgan fingerprint density at radius 1 is 1.25 bits per heavy atom. The van der Waals surface area contributed by atoms with Gasteiger partial charge in [-0.1, -0.05) is 50.3 Å². The molecule has 1 spiro atoms. The molecule has 4 rings (SSSR count). The summed E-state index contributed by atoms with van der Waals surface area (Å²) in [6.07, 6.45) is 5.80. The smallest absolute Gasteiger partial charge is 0.213 e. The van der Waals surface area contributed by atoms with Crippen LogP contribution in [0.1, 0.15) is 38.7 Å². The van der Waals surface area contributed by atoms with Gasteiger partial charge in [0.1, 0.15) is 5.54 Å². The van der Waals surface area contributed by atoms with Crippen molar-refractivity contribution in [3.05, 3.63) is 42.0 Å². The fourth-order valence-corrected chi connectivity index (χ4v) is 7.99. The molecular formula is C19H23NO3S. The first-order valence-electron chi connectivity index (χ1n) is 8.52. The number of rotatable bonds is 3. The van der Waals surface area contributed by atoms with E-state index in [2.05, 4.69) is 18.6 Å². The van der Waals surface area contributed by atoms with Gasteiger partial charge in [0.2, 0.25) is 10.0 Å². The molecular weight excluding hydrogens is 322 g/mol. The number of benzene rings is 1. The molecule has 24 heavy (non-hydrogen) atoms. The van der Waals surface area contributed by atoms with Crippen molar-refractivity contribution in [2.45, 2.75) is 38.6 Å². The van der Waals surface area contributed by atoms with Crippen LogP contribution in [0, 0.1) is 16.7 Å². The van der Waals surface area contributed by atoms with Crippen molar-refractivity contribution in [1.29, 1.82) is 0 Å². The molecule has 3 fully saturated rings. The van der Waals surface area contributed by atoms with Crippen LogP contribution < -0.4 is 4.72 Å². The van der Waals surface area contributed by atoms with Crippen molar-refractivity contribution in [2.75, 3.05) is 5.75 Å². The van der Waals surface area contributed by atoms with E-state index in [1.54, 1.807) is 12.2 Å². The first-order chi connectivity index (χ1) is 11.2. The van der Waals surface area contributed by atoms with Gasteiger partial charge in [-0.05, 0) is 42.2 Å². The summed E-state index contributed by atoms with van der Waals surface area (Å²) >= 11 is 0. The molecule has 5 heteroatoms. The van der Waals surface area contributed by atoms with E-state index >= 15 is 0 Å². The summed E-state index contributed by atoms with van der Waals surface area (Å²) in [5.74, 6) is 0.381. The fraction of sp³-hybridized carbons (Fsp3) is 0.526. The molecule has 2 saturated carbocycles. The van der Waals surface area contributed by atoms with E-state index in [1.807, 2.05) is 30.3 Å². The lowest BCUT2D eigenvalue weighted by Gasteiger charge is -2.42. The molecule has 1 aromatic carbocycles. The third-order valence-corrected chi connectivity index (χ3v) is 8.49. The molecule has 0 amide bonds. The minimum atomic E-state index is -3.41. The van der Waals surface area contributed by atoms with Crippen LogP contribution in [0.25, 0.3) is 6.08 Å². The van der Waals surface area contributed by atoms with Gasteiger partial charge >= 0.3 is 0 Å². The highest BCUT2D eigenvalue weighted by Gasteiger charge is 2.77. The zero-order chi connectivity index (χ0) is 17.2. The van der Waals surface area contributed by atoms with Gasteiger partial charge in [0.05, 0.1) is 5.75 Å². The minimum absolute atomic E-state index is 0.0778. The maximum absolute atomic E-state index is 13.2. The maximum atomic E-state index is 13.2. The number of sulfonamides is 1. The Hall–Kier alpha value is -1.46. The Morgan fingerprint density at radius 2 is 1.96 bits per heavy atom. The molecule has 0 radical (unpaired) electrons. The summed E-state index contributed by atoms with van der Waals surface area (Å²) in [5.41, 5.74) is -0.634. The summed E-state index contributed by atoms with van der Waals surface area (Å²) in [6.45, 7) is 4.28. The predicted octanol–water partition coefficient (Wildman–Crippen LogP) is 2.77. The number of carbonyl (C=O) groups is 1. The van der Waals surface area contributed by atoms with Crippen LogP contribution >= 0.6 is 0 Å². The normalized spacial score (nSPS) is 38.5. The van der Waals surface area contributed by atoms with Gasteiger partial charge in [-0.2, -0.15) is 0 Å². The number of hydrogen-bond donors (Lipinski definition) is 1. The molecule has 3 atom stereocenters. The van der Waals surface area contributed by atoms with Crippen LogP contribution in [0.2, 0.25) is 0 Å². The van der Waals surface area contributed by atoms with Gasteiger partial charge < -0.3 is 0 Å². The third kappa shape index (κ3) is 1.88. The van der Waals surface area contributed by atoms with Crippen molar-refractivity contribution in [3.63, 3.8) is 0 Å². The SMILES string of the molecule is CC1(C)C2CCC13CS(=O)(=O)NC3(C(=O)C=Cc1ccccc1)C2. The molecule has 1 heterocycles. The zero-order valence-electron chi connectivity index (χ0n) is 14.1. The summed E-state index contributed by atoms with van der Waals surface area (Å²) in [4.78, 5) is 13.2. The van der Waals surface area contributed by atoms with E-state index in [1.165, 1.54) is 0 Å². The highest BCUT2D eigenvalue weighted by Crippen LogP contribution is 2.72. The monoisotopic (exact) mass is 345 g/mol. The van der Waals surface area contributed by atoms with E-state index in [0.717, 1.165) is 18.4 Å². The van der Waals surface area contributed by atoms with E-state index in [9.17, 15) is 13.2 Å². The van der Waals surface area contributed by atoms with Crippen molar-refractivity contribution in [3.8, 4) is 0 Å². The highest BCUT2D eigenvalue weighted by atomic mass is 32.2.